The van der Waals surface area contributed by atoms with E-state index in [-0.39, 0.29) is 38.2 Å². The summed E-state index contributed by atoms with van der Waals surface area (Å²) in [7, 11) is 0. The van der Waals surface area contributed by atoms with Crippen molar-refractivity contribution >= 4 is 35.6 Å². The molecule has 0 heterocycles. The van der Waals surface area contributed by atoms with Gasteiger partial charge in [-0.3, -0.25) is 24.2 Å². The third kappa shape index (κ3) is 15.6. The number of rotatable bonds is 21. The fourth-order valence-electron chi connectivity index (χ4n) is 3.39. The first-order chi connectivity index (χ1) is 17.9. The molecule has 4 unspecified atom stereocenters. The zero-order chi connectivity index (χ0) is 29.1. The number of carbonyl (C=O) groups excluding carboxylic acids is 3. The molecule has 16 heteroatoms. The molecule has 0 aliphatic rings. The maximum atomic E-state index is 13.1. The van der Waals surface area contributed by atoms with Crippen molar-refractivity contribution in [1.82, 2.24) is 16.0 Å². The molecule has 0 bridgehead atoms. The second-order valence-electron chi connectivity index (χ2n) is 8.74. The number of unbranched alkanes of at least 4 members (excludes halogenated alkanes) is 2. The summed E-state index contributed by atoms with van der Waals surface area (Å²) < 4.78 is 0. The average Bonchev–Trinajstić information content (AvgIpc) is 2.83. The van der Waals surface area contributed by atoms with Crippen LogP contribution in [0.2, 0.25) is 0 Å². The zero-order valence-corrected chi connectivity index (χ0v) is 21.6. The SMILES string of the molecule is NCCCCC(NC(=O)C(CCCCN)NC(=O)C(CCCN=C(N)N)NC(=O)C(N)CC(=O)O)C(=O)O. The summed E-state index contributed by atoms with van der Waals surface area (Å²) in [5, 5.41) is 25.8. The van der Waals surface area contributed by atoms with Crippen molar-refractivity contribution in [3.05, 3.63) is 0 Å². The average molecular weight is 546 g/mol. The lowest BCUT2D eigenvalue weighted by atomic mass is 10.0. The van der Waals surface area contributed by atoms with Crippen LogP contribution in [-0.4, -0.2) is 89.6 Å². The molecular weight excluding hydrogens is 502 g/mol. The van der Waals surface area contributed by atoms with Gasteiger partial charge in [-0.05, 0) is 64.5 Å². The minimum atomic E-state index is -1.41. The lowest BCUT2D eigenvalue weighted by Crippen LogP contribution is -2.57. The molecule has 0 saturated carbocycles. The Labute approximate surface area is 221 Å². The molecule has 38 heavy (non-hydrogen) atoms. The van der Waals surface area contributed by atoms with E-state index in [0.29, 0.717) is 38.8 Å². The van der Waals surface area contributed by atoms with Gasteiger partial charge in [-0.1, -0.05) is 0 Å². The Kier molecular flexibility index (Phi) is 17.8. The van der Waals surface area contributed by atoms with Gasteiger partial charge in [0.15, 0.2) is 5.96 Å². The molecule has 0 fully saturated rings. The van der Waals surface area contributed by atoms with E-state index in [0.717, 1.165) is 0 Å². The summed E-state index contributed by atoms with van der Waals surface area (Å²) in [6.07, 6.45) is 2.06. The Balaban J connectivity index is 5.61. The van der Waals surface area contributed by atoms with Crippen LogP contribution in [0.4, 0.5) is 0 Å². The molecule has 0 aliphatic heterocycles. The van der Waals surface area contributed by atoms with E-state index >= 15 is 0 Å². The fourth-order valence-corrected chi connectivity index (χ4v) is 3.39. The maximum absolute atomic E-state index is 13.1. The summed E-state index contributed by atoms with van der Waals surface area (Å²) in [6, 6.07) is -4.89. The monoisotopic (exact) mass is 545 g/mol. The van der Waals surface area contributed by atoms with Gasteiger partial charge in [0.25, 0.3) is 0 Å². The molecule has 0 radical (unpaired) electrons. The smallest absolute Gasteiger partial charge is 0.326 e. The van der Waals surface area contributed by atoms with Gasteiger partial charge in [0.2, 0.25) is 17.7 Å². The molecule has 4 atom stereocenters. The van der Waals surface area contributed by atoms with Crippen molar-refractivity contribution in [2.75, 3.05) is 19.6 Å². The van der Waals surface area contributed by atoms with Crippen LogP contribution in [0.5, 0.6) is 0 Å². The van der Waals surface area contributed by atoms with Crippen molar-refractivity contribution in [2.24, 2.45) is 33.7 Å². The molecule has 0 aromatic carbocycles. The molecule has 0 aromatic heterocycles. The first-order valence-electron chi connectivity index (χ1n) is 12.5. The van der Waals surface area contributed by atoms with Gasteiger partial charge in [0, 0.05) is 6.54 Å². The molecule has 3 amide bonds. The molecule has 16 nitrogen and oxygen atoms in total. The minimum absolute atomic E-state index is 0.0438. The highest BCUT2D eigenvalue weighted by Crippen LogP contribution is 2.07. The Morgan fingerprint density at radius 2 is 1.13 bits per heavy atom. The van der Waals surface area contributed by atoms with Crippen LogP contribution in [0, 0.1) is 0 Å². The normalized spacial score (nSPS) is 13.9. The highest BCUT2D eigenvalue weighted by atomic mass is 16.4. The molecule has 0 spiro atoms. The second kappa shape index (κ2) is 19.6. The van der Waals surface area contributed by atoms with Gasteiger partial charge in [-0.2, -0.15) is 0 Å². The van der Waals surface area contributed by atoms with E-state index in [1.54, 1.807) is 0 Å². The molecule has 15 N–H and O–H groups in total. The number of aliphatic carboxylic acids is 2. The number of nitrogens with one attached hydrogen (secondary N) is 3. The van der Waals surface area contributed by atoms with Crippen molar-refractivity contribution in [3.63, 3.8) is 0 Å². The van der Waals surface area contributed by atoms with Crippen LogP contribution in [-0.2, 0) is 24.0 Å². The summed E-state index contributed by atoms with van der Waals surface area (Å²) >= 11 is 0. The summed E-state index contributed by atoms with van der Waals surface area (Å²) in [5.41, 5.74) is 27.2. The number of amides is 3. The highest BCUT2D eigenvalue weighted by Gasteiger charge is 2.30. The molecular formula is C22H43N9O7. The summed E-state index contributed by atoms with van der Waals surface area (Å²) in [6.45, 7) is 0.876. The number of carboxylic acids is 2. The number of carbonyl (C=O) groups is 5. The van der Waals surface area contributed by atoms with E-state index in [1.165, 1.54) is 0 Å². The number of hydrogen-bond acceptors (Lipinski definition) is 9. The van der Waals surface area contributed by atoms with Gasteiger partial charge in [-0.25, -0.2) is 4.79 Å². The summed E-state index contributed by atoms with van der Waals surface area (Å²) in [4.78, 5) is 64.8. The van der Waals surface area contributed by atoms with E-state index in [9.17, 15) is 29.1 Å². The molecule has 218 valence electrons. The molecule has 0 aromatic rings. The quantitative estimate of drug-likeness (QED) is 0.0384. The number of aliphatic imine (C=N–C) groups is 1. The van der Waals surface area contributed by atoms with Crippen LogP contribution in [0.1, 0.15) is 57.8 Å². The van der Waals surface area contributed by atoms with E-state index < -0.39 is 60.2 Å². The number of hydrogen-bond donors (Lipinski definition) is 10. The van der Waals surface area contributed by atoms with Crippen molar-refractivity contribution < 1.29 is 34.2 Å². The molecule has 0 rings (SSSR count). The van der Waals surface area contributed by atoms with Crippen molar-refractivity contribution in [3.8, 4) is 0 Å². The fraction of sp³-hybridized carbons (Fsp3) is 0.727. The van der Waals surface area contributed by atoms with Gasteiger partial charge >= 0.3 is 11.9 Å². The Morgan fingerprint density at radius 1 is 0.684 bits per heavy atom. The first-order valence-corrected chi connectivity index (χ1v) is 12.5. The highest BCUT2D eigenvalue weighted by molar-refractivity contribution is 5.94. The van der Waals surface area contributed by atoms with E-state index in [1.807, 2.05) is 0 Å². The van der Waals surface area contributed by atoms with E-state index in [4.69, 9.17) is 33.8 Å². The van der Waals surface area contributed by atoms with Crippen molar-refractivity contribution in [2.45, 2.75) is 82.0 Å². The lowest BCUT2D eigenvalue weighted by molar-refractivity contribution is -0.142. The topological polar surface area (TPSA) is 304 Å². The van der Waals surface area contributed by atoms with Gasteiger partial charge in [0.1, 0.15) is 18.1 Å². The van der Waals surface area contributed by atoms with Gasteiger partial charge in [0.05, 0.1) is 12.5 Å². The predicted molar refractivity (Wildman–Crippen MR) is 139 cm³/mol. The van der Waals surface area contributed by atoms with Gasteiger partial charge in [-0.15, -0.1) is 0 Å². The van der Waals surface area contributed by atoms with E-state index in [2.05, 4.69) is 20.9 Å². The van der Waals surface area contributed by atoms with Crippen LogP contribution in [0.3, 0.4) is 0 Å². The Hall–Kier alpha value is -3.50. The molecule has 0 aliphatic carbocycles. The van der Waals surface area contributed by atoms with Crippen LogP contribution in [0.25, 0.3) is 0 Å². The zero-order valence-electron chi connectivity index (χ0n) is 21.6. The number of carboxylic acid groups (broad SMARTS) is 2. The Morgan fingerprint density at radius 3 is 1.58 bits per heavy atom. The molecule has 0 saturated heterocycles. The standard InChI is InChI=1S/C22H43N9O7/c23-9-3-1-6-14(20(36)31-16(21(37)38)7-2-4-10-24)30-19(35)15(8-5-11-28-22(26)27)29-18(34)13(25)12-17(32)33/h13-16H,1-12,23-25H2,(H,29,34)(H,30,35)(H,31,36)(H,32,33)(H,37,38)(H4,26,27,28). The predicted octanol–water partition coefficient (Wildman–Crippen LogP) is -3.36. The van der Waals surface area contributed by atoms with Gasteiger partial charge < -0.3 is 54.8 Å². The Bertz CT molecular complexity index is 806. The maximum Gasteiger partial charge on any atom is 0.326 e. The van der Waals surface area contributed by atoms with Crippen LogP contribution in [0.15, 0.2) is 4.99 Å². The number of guanidine groups is 1. The first kappa shape index (κ1) is 34.5. The second-order valence-corrected chi connectivity index (χ2v) is 8.74. The number of nitrogens with two attached hydrogens (primary N) is 5. The lowest BCUT2D eigenvalue weighted by Gasteiger charge is -2.25. The van der Waals surface area contributed by atoms with Crippen LogP contribution < -0.4 is 44.6 Å². The summed E-state index contributed by atoms with van der Waals surface area (Å²) in [5.74, 6) is -4.99. The third-order valence-electron chi connectivity index (χ3n) is 5.45. The van der Waals surface area contributed by atoms with Crippen LogP contribution >= 0.6 is 0 Å². The number of nitrogens with zero attached hydrogens (tertiary/aromatic N) is 1. The third-order valence-corrected chi connectivity index (χ3v) is 5.45. The van der Waals surface area contributed by atoms with Crippen molar-refractivity contribution in [1.29, 1.82) is 0 Å². The minimum Gasteiger partial charge on any atom is -0.481 e. The largest absolute Gasteiger partial charge is 0.481 e.